The number of methoxy groups -OCH3 is 3. The van der Waals surface area contributed by atoms with Gasteiger partial charge in [-0.3, -0.25) is 4.79 Å². The molecule has 3 rings (SSSR count). The number of carbonyl (C=O) groups excluding carboxylic acids is 1. The minimum Gasteiger partial charge on any atom is -0.496 e. The van der Waals surface area contributed by atoms with Crippen LogP contribution in [0.2, 0.25) is 5.15 Å². The van der Waals surface area contributed by atoms with E-state index in [0.29, 0.717) is 33.9 Å². The third-order valence-electron chi connectivity index (χ3n) is 4.02. The number of nitrogens with one attached hydrogen (secondary N) is 1. The first kappa shape index (κ1) is 19.4. The molecule has 1 aromatic heterocycles. The highest BCUT2D eigenvalue weighted by Gasteiger charge is 2.11. The standard InChI is InChI=1S/C20H18ClN3O4/c1-26-16-7-5-4-6-14(16)20(25)24-22-11-13-8-12-9-17(27-2)18(28-3)10-15(12)23-19(13)21/h4-11H,1-3H3,(H,24,25). The molecule has 0 fully saturated rings. The molecular formula is C20H18ClN3O4. The largest absolute Gasteiger partial charge is 0.496 e. The summed E-state index contributed by atoms with van der Waals surface area (Å²) in [5, 5.41) is 5.01. The average molecular weight is 400 g/mol. The number of nitrogens with zero attached hydrogens (tertiary/aromatic N) is 2. The molecule has 1 heterocycles. The highest BCUT2D eigenvalue weighted by atomic mass is 35.5. The Morgan fingerprint density at radius 3 is 2.43 bits per heavy atom. The smallest absolute Gasteiger partial charge is 0.275 e. The Balaban J connectivity index is 1.85. The predicted octanol–water partition coefficient (Wildman–Crippen LogP) is 3.68. The van der Waals surface area contributed by atoms with Crippen molar-refractivity contribution >= 4 is 34.6 Å². The normalized spacial score (nSPS) is 10.9. The van der Waals surface area contributed by atoms with Gasteiger partial charge in [0.15, 0.2) is 11.5 Å². The summed E-state index contributed by atoms with van der Waals surface area (Å²) < 4.78 is 15.8. The molecular weight excluding hydrogens is 382 g/mol. The molecule has 0 saturated carbocycles. The van der Waals surface area contributed by atoms with Crippen molar-refractivity contribution in [3.63, 3.8) is 0 Å². The third kappa shape index (κ3) is 3.99. The molecule has 144 valence electrons. The van der Waals surface area contributed by atoms with Gasteiger partial charge < -0.3 is 14.2 Å². The van der Waals surface area contributed by atoms with Crippen molar-refractivity contribution in [3.05, 3.63) is 58.7 Å². The molecule has 3 aromatic rings. The lowest BCUT2D eigenvalue weighted by molar-refractivity contribution is 0.0952. The molecule has 8 heteroatoms. The van der Waals surface area contributed by atoms with Crippen LogP contribution in [0.4, 0.5) is 0 Å². The molecule has 1 N–H and O–H groups in total. The maximum Gasteiger partial charge on any atom is 0.275 e. The zero-order valence-corrected chi connectivity index (χ0v) is 16.3. The van der Waals surface area contributed by atoms with E-state index in [0.717, 1.165) is 5.39 Å². The summed E-state index contributed by atoms with van der Waals surface area (Å²) in [7, 11) is 4.61. The molecule has 0 aliphatic heterocycles. The molecule has 7 nitrogen and oxygen atoms in total. The zero-order chi connectivity index (χ0) is 20.1. The fourth-order valence-electron chi connectivity index (χ4n) is 2.64. The number of rotatable bonds is 6. The molecule has 1 amide bonds. The Morgan fingerprint density at radius 1 is 1.04 bits per heavy atom. The lowest BCUT2D eigenvalue weighted by atomic mass is 10.1. The highest BCUT2D eigenvalue weighted by molar-refractivity contribution is 6.32. The van der Waals surface area contributed by atoms with Gasteiger partial charge in [-0.05, 0) is 24.3 Å². The fraction of sp³-hybridized carbons (Fsp3) is 0.150. The van der Waals surface area contributed by atoms with Gasteiger partial charge in [-0.25, -0.2) is 10.4 Å². The van der Waals surface area contributed by atoms with Crippen LogP contribution in [0.3, 0.4) is 0 Å². The van der Waals surface area contributed by atoms with Crippen LogP contribution in [0.1, 0.15) is 15.9 Å². The van der Waals surface area contributed by atoms with E-state index in [-0.39, 0.29) is 5.15 Å². The van der Waals surface area contributed by atoms with E-state index in [9.17, 15) is 4.79 Å². The van der Waals surface area contributed by atoms with Crippen LogP contribution in [-0.2, 0) is 0 Å². The number of hydrogen-bond acceptors (Lipinski definition) is 6. The molecule has 28 heavy (non-hydrogen) atoms. The van der Waals surface area contributed by atoms with E-state index in [1.165, 1.54) is 13.3 Å². The van der Waals surface area contributed by atoms with Gasteiger partial charge in [-0.2, -0.15) is 5.10 Å². The molecule has 0 spiro atoms. The van der Waals surface area contributed by atoms with E-state index >= 15 is 0 Å². The van der Waals surface area contributed by atoms with Crippen molar-refractivity contribution in [3.8, 4) is 17.2 Å². The van der Waals surface area contributed by atoms with Gasteiger partial charge >= 0.3 is 0 Å². The summed E-state index contributed by atoms with van der Waals surface area (Å²) >= 11 is 6.25. The number of hydrazone groups is 1. The van der Waals surface area contributed by atoms with Crippen LogP contribution in [0.25, 0.3) is 10.9 Å². The van der Waals surface area contributed by atoms with Crippen molar-refractivity contribution in [1.29, 1.82) is 0 Å². The zero-order valence-electron chi connectivity index (χ0n) is 15.5. The number of halogens is 1. The number of fused-ring (bicyclic) bond motifs is 1. The van der Waals surface area contributed by atoms with Gasteiger partial charge in [0.2, 0.25) is 0 Å². The first-order chi connectivity index (χ1) is 13.6. The number of benzene rings is 2. The highest BCUT2D eigenvalue weighted by Crippen LogP contribution is 2.32. The quantitative estimate of drug-likeness (QED) is 0.388. The summed E-state index contributed by atoms with van der Waals surface area (Å²) in [6.07, 6.45) is 1.43. The summed E-state index contributed by atoms with van der Waals surface area (Å²) in [4.78, 5) is 16.6. The van der Waals surface area contributed by atoms with Crippen molar-refractivity contribution in [2.24, 2.45) is 5.10 Å². The fourth-order valence-corrected chi connectivity index (χ4v) is 2.83. The molecule has 0 aliphatic rings. The van der Waals surface area contributed by atoms with E-state index in [2.05, 4.69) is 15.5 Å². The van der Waals surface area contributed by atoms with Gasteiger partial charge in [0.05, 0.1) is 38.6 Å². The summed E-state index contributed by atoms with van der Waals surface area (Å²) in [6.45, 7) is 0. The van der Waals surface area contributed by atoms with Crippen LogP contribution in [0.15, 0.2) is 47.6 Å². The molecule has 2 aromatic carbocycles. The number of amides is 1. The van der Waals surface area contributed by atoms with Gasteiger partial charge in [-0.1, -0.05) is 23.7 Å². The average Bonchev–Trinajstić information content (AvgIpc) is 2.72. The van der Waals surface area contributed by atoms with Gasteiger partial charge in [-0.15, -0.1) is 0 Å². The van der Waals surface area contributed by atoms with Gasteiger partial charge in [0.25, 0.3) is 5.91 Å². The van der Waals surface area contributed by atoms with E-state index in [1.807, 2.05) is 0 Å². The Kier molecular flexibility index (Phi) is 5.96. The van der Waals surface area contributed by atoms with E-state index in [1.54, 1.807) is 56.7 Å². The van der Waals surface area contributed by atoms with Crippen LogP contribution in [0, 0.1) is 0 Å². The Hall–Kier alpha value is -3.32. The van der Waals surface area contributed by atoms with Crippen molar-refractivity contribution in [2.45, 2.75) is 0 Å². The summed E-state index contributed by atoms with van der Waals surface area (Å²) in [5.41, 5.74) is 4.03. The SMILES string of the molecule is COc1cc2cc(C=NNC(=O)c3ccccc3OC)c(Cl)nc2cc1OC. The molecule has 0 unspecified atom stereocenters. The maximum absolute atomic E-state index is 12.3. The monoisotopic (exact) mass is 399 g/mol. The van der Waals surface area contributed by atoms with Gasteiger partial charge in [0.1, 0.15) is 10.9 Å². The first-order valence-corrected chi connectivity index (χ1v) is 8.64. The number of ether oxygens (including phenoxy) is 3. The molecule has 0 saturated heterocycles. The van der Waals surface area contributed by atoms with E-state index < -0.39 is 5.91 Å². The number of carbonyl (C=O) groups is 1. The number of hydrogen-bond donors (Lipinski definition) is 1. The number of aromatic nitrogens is 1. The molecule has 0 radical (unpaired) electrons. The van der Waals surface area contributed by atoms with Gasteiger partial charge in [0, 0.05) is 17.0 Å². The van der Waals surface area contributed by atoms with Crippen LogP contribution in [0.5, 0.6) is 17.2 Å². The Bertz CT molecular complexity index is 1050. The van der Waals surface area contributed by atoms with Crippen molar-refractivity contribution in [1.82, 2.24) is 10.4 Å². The van der Waals surface area contributed by atoms with Crippen LogP contribution < -0.4 is 19.6 Å². The molecule has 0 bridgehead atoms. The first-order valence-electron chi connectivity index (χ1n) is 8.26. The Labute approximate surface area is 166 Å². The second-order valence-electron chi connectivity index (χ2n) is 5.67. The summed E-state index contributed by atoms with van der Waals surface area (Å²) in [5.74, 6) is 1.20. The molecule has 0 atom stereocenters. The minimum absolute atomic E-state index is 0.245. The van der Waals surface area contributed by atoms with Crippen molar-refractivity contribution in [2.75, 3.05) is 21.3 Å². The van der Waals surface area contributed by atoms with Crippen molar-refractivity contribution < 1.29 is 19.0 Å². The van der Waals surface area contributed by atoms with E-state index in [4.69, 9.17) is 25.8 Å². The third-order valence-corrected chi connectivity index (χ3v) is 4.32. The van der Waals surface area contributed by atoms with Crippen LogP contribution in [-0.4, -0.2) is 38.4 Å². The van der Waals surface area contributed by atoms with Crippen LogP contribution >= 0.6 is 11.6 Å². The second-order valence-corrected chi connectivity index (χ2v) is 6.03. The Morgan fingerprint density at radius 2 is 1.71 bits per heavy atom. The lowest BCUT2D eigenvalue weighted by Gasteiger charge is -2.09. The summed E-state index contributed by atoms with van der Waals surface area (Å²) in [6, 6.07) is 12.2. The number of pyridine rings is 1. The maximum atomic E-state index is 12.3. The second kappa shape index (κ2) is 8.58. The lowest BCUT2D eigenvalue weighted by Crippen LogP contribution is -2.18. The topological polar surface area (TPSA) is 82.0 Å². The molecule has 0 aliphatic carbocycles. The minimum atomic E-state index is -0.398. The predicted molar refractivity (Wildman–Crippen MR) is 108 cm³/mol. The number of para-hydroxylation sites is 1.